The molecule has 0 radical (unpaired) electrons. The second kappa shape index (κ2) is 11.5. The van der Waals surface area contributed by atoms with Crippen molar-refractivity contribution in [2.45, 2.75) is 29.6 Å². The van der Waals surface area contributed by atoms with Crippen LogP contribution in [0.25, 0.3) is 0 Å². The number of carbonyl (C=O) groups excluding carboxylic acids is 1. The zero-order chi connectivity index (χ0) is 23.0. The van der Waals surface area contributed by atoms with Crippen LogP contribution >= 0.6 is 11.8 Å². The second-order valence-electron chi connectivity index (χ2n) is 8.10. The third kappa shape index (κ3) is 6.28. The number of nitrogens with zero attached hydrogens (tertiary/aromatic N) is 3. The standard InChI is InChI=1S/C25H31N3O4S/c1-2-5-24(30)32-17-16-31-15-14-27-10-12-28(13-11-27)25-20-6-3-4-7-22(20)33-23-18-19(29)8-9-21(23)26-25/h3-4,6-9,18,29H,2,5,10-17H2,1H3. The minimum atomic E-state index is -0.155. The summed E-state index contributed by atoms with van der Waals surface area (Å²) in [5, 5.41) is 9.93. The molecule has 0 atom stereocenters. The van der Waals surface area contributed by atoms with Crippen LogP contribution in [0.1, 0.15) is 25.3 Å². The van der Waals surface area contributed by atoms with Gasteiger partial charge in [0.2, 0.25) is 0 Å². The number of amidine groups is 1. The summed E-state index contributed by atoms with van der Waals surface area (Å²) in [6.07, 6.45) is 1.27. The Morgan fingerprint density at radius 3 is 2.70 bits per heavy atom. The van der Waals surface area contributed by atoms with Crippen molar-refractivity contribution in [1.29, 1.82) is 0 Å². The molecule has 0 bridgehead atoms. The van der Waals surface area contributed by atoms with Gasteiger partial charge >= 0.3 is 5.97 Å². The van der Waals surface area contributed by atoms with Crippen LogP contribution < -0.4 is 0 Å². The summed E-state index contributed by atoms with van der Waals surface area (Å²) in [5.74, 6) is 1.10. The van der Waals surface area contributed by atoms with Gasteiger partial charge in [0.05, 0.1) is 18.9 Å². The number of carbonyl (C=O) groups is 1. The van der Waals surface area contributed by atoms with Gasteiger partial charge in [-0.05, 0) is 30.7 Å². The molecule has 0 spiro atoms. The van der Waals surface area contributed by atoms with Gasteiger partial charge < -0.3 is 19.5 Å². The molecule has 0 amide bonds. The highest BCUT2D eigenvalue weighted by atomic mass is 32.2. The molecule has 0 aromatic heterocycles. The summed E-state index contributed by atoms with van der Waals surface area (Å²) >= 11 is 1.65. The van der Waals surface area contributed by atoms with E-state index >= 15 is 0 Å². The lowest BCUT2D eigenvalue weighted by Gasteiger charge is -2.36. The van der Waals surface area contributed by atoms with Gasteiger partial charge in [-0.1, -0.05) is 36.9 Å². The van der Waals surface area contributed by atoms with E-state index in [1.54, 1.807) is 23.9 Å². The van der Waals surface area contributed by atoms with Crippen molar-refractivity contribution in [3.8, 4) is 5.75 Å². The maximum atomic E-state index is 11.4. The number of aromatic hydroxyl groups is 1. The van der Waals surface area contributed by atoms with Crippen molar-refractivity contribution >= 4 is 29.3 Å². The van der Waals surface area contributed by atoms with Crippen LogP contribution in [0, 0.1) is 0 Å². The van der Waals surface area contributed by atoms with Crippen LogP contribution in [0.3, 0.4) is 0 Å². The van der Waals surface area contributed by atoms with Gasteiger partial charge in [-0.2, -0.15) is 0 Å². The molecule has 0 unspecified atom stereocenters. The Bertz CT molecular complexity index is 989. The molecule has 2 heterocycles. The van der Waals surface area contributed by atoms with E-state index in [1.807, 2.05) is 19.1 Å². The predicted octanol–water partition coefficient (Wildman–Crippen LogP) is 3.91. The molecule has 2 aromatic carbocycles. The number of aliphatic imine (C=N–C) groups is 1. The first-order valence-electron chi connectivity index (χ1n) is 11.5. The Morgan fingerprint density at radius 2 is 1.88 bits per heavy atom. The van der Waals surface area contributed by atoms with E-state index in [1.165, 1.54) is 0 Å². The molecule has 1 fully saturated rings. The summed E-state index contributed by atoms with van der Waals surface area (Å²) in [5.41, 5.74) is 2.02. The Kier molecular flexibility index (Phi) is 8.25. The zero-order valence-corrected chi connectivity index (χ0v) is 19.9. The lowest BCUT2D eigenvalue weighted by Crippen LogP contribution is -2.49. The second-order valence-corrected chi connectivity index (χ2v) is 9.18. The number of phenols is 1. The summed E-state index contributed by atoms with van der Waals surface area (Å²) in [7, 11) is 0. The maximum Gasteiger partial charge on any atom is 0.305 e. The predicted molar refractivity (Wildman–Crippen MR) is 130 cm³/mol. The molecule has 7 nitrogen and oxygen atoms in total. The molecule has 2 aliphatic rings. The normalized spacial score (nSPS) is 15.9. The molecule has 0 aliphatic carbocycles. The number of esters is 1. The van der Waals surface area contributed by atoms with Gasteiger partial charge in [-0.3, -0.25) is 9.69 Å². The number of ether oxygens (including phenoxy) is 2. The maximum absolute atomic E-state index is 11.4. The fourth-order valence-corrected chi connectivity index (χ4v) is 4.97. The number of phenolic OH excluding ortho intramolecular Hbond substituents is 1. The topological polar surface area (TPSA) is 74.6 Å². The molecule has 0 saturated carbocycles. The molecular formula is C25H31N3O4S. The van der Waals surface area contributed by atoms with Gasteiger partial charge in [0.25, 0.3) is 0 Å². The summed E-state index contributed by atoms with van der Waals surface area (Å²) in [6, 6.07) is 13.7. The first kappa shape index (κ1) is 23.6. The fourth-order valence-electron chi connectivity index (χ4n) is 3.92. The highest BCUT2D eigenvalue weighted by Gasteiger charge is 2.25. The molecular weight excluding hydrogens is 438 g/mol. The molecule has 1 N–H and O–H groups in total. The smallest absolute Gasteiger partial charge is 0.305 e. The van der Waals surface area contributed by atoms with Crippen LogP contribution in [0.4, 0.5) is 5.69 Å². The van der Waals surface area contributed by atoms with Crippen LogP contribution in [0.5, 0.6) is 5.75 Å². The molecule has 1 saturated heterocycles. The SMILES string of the molecule is CCCC(=O)OCCOCCN1CCN(C2=Nc3ccc(O)cc3Sc3ccccc32)CC1. The highest BCUT2D eigenvalue weighted by molar-refractivity contribution is 7.99. The van der Waals surface area contributed by atoms with Gasteiger partial charge in [-0.15, -0.1) is 0 Å². The van der Waals surface area contributed by atoms with Crippen molar-refractivity contribution in [3.63, 3.8) is 0 Å². The first-order chi connectivity index (χ1) is 16.1. The van der Waals surface area contributed by atoms with Crippen molar-refractivity contribution < 1.29 is 19.4 Å². The van der Waals surface area contributed by atoms with E-state index in [0.717, 1.165) is 66.0 Å². The lowest BCUT2D eigenvalue weighted by atomic mass is 10.1. The Balaban J connectivity index is 1.31. The van der Waals surface area contributed by atoms with Gasteiger partial charge in [0, 0.05) is 54.5 Å². The molecule has 8 heteroatoms. The molecule has 2 aromatic rings. The van der Waals surface area contributed by atoms with Gasteiger partial charge in [-0.25, -0.2) is 4.99 Å². The van der Waals surface area contributed by atoms with E-state index in [0.29, 0.717) is 26.2 Å². The fraction of sp³-hybridized carbons (Fsp3) is 0.440. The van der Waals surface area contributed by atoms with E-state index in [9.17, 15) is 9.90 Å². The number of hydrogen-bond donors (Lipinski definition) is 1. The van der Waals surface area contributed by atoms with Crippen LogP contribution in [0.15, 0.2) is 57.2 Å². The van der Waals surface area contributed by atoms with Gasteiger partial charge in [0.1, 0.15) is 18.2 Å². The number of piperazine rings is 1. The monoisotopic (exact) mass is 469 g/mol. The van der Waals surface area contributed by atoms with Crippen molar-refractivity contribution in [1.82, 2.24) is 9.80 Å². The third-order valence-corrected chi connectivity index (χ3v) is 6.81. The average molecular weight is 470 g/mol. The van der Waals surface area contributed by atoms with E-state index in [-0.39, 0.29) is 11.7 Å². The Hall–Kier alpha value is -2.55. The first-order valence-corrected chi connectivity index (χ1v) is 12.4. The minimum Gasteiger partial charge on any atom is -0.508 e. The number of rotatable bonds is 8. The van der Waals surface area contributed by atoms with E-state index < -0.39 is 0 Å². The van der Waals surface area contributed by atoms with Crippen molar-refractivity contribution in [2.75, 3.05) is 52.5 Å². The van der Waals surface area contributed by atoms with Crippen LogP contribution in [-0.4, -0.2) is 79.3 Å². The van der Waals surface area contributed by atoms with Crippen LogP contribution in [0.2, 0.25) is 0 Å². The van der Waals surface area contributed by atoms with E-state index in [4.69, 9.17) is 14.5 Å². The Labute approximate surface area is 199 Å². The van der Waals surface area contributed by atoms with Crippen LogP contribution in [-0.2, 0) is 14.3 Å². The average Bonchev–Trinajstić information content (AvgIpc) is 2.98. The van der Waals surface area contributed by atoms with Crippen molar-refractivity contribution in [3.05, 3.63) is 48.0 Å². The van der Waals surface area contributed by atoms with Crippen molar-refractivity contribution in [2.24, 2.45) is 4.99 Å². The molecule has 2 aliphatic heterocycles. The minimum absolute atomic E-state index is 0.155. The summed E-state index contributed by atoms with van der Waals surface area (Å²) in [4.78, 5) is 23.2. The molecule has 4 rings (SSSR count). The molecule has 176 valence electrons. The highest BCUT2D eigenvalue weighted by Crippen LogP contribution is 2.42. The zero-order valence-electron chi connectivity index (χ0n) is 19.0. The number of fused-ring (bicyclic) bond motifs is 2. The summed E-state index contributed by atoms with van der Waals surface area (Å²) < 4.78 is 10.8. The summed E-state index contributed by atoms with van der Waals surface area (Å²) in [6.45, 7) is 7.86. The quantitative estimate of drug-likeness (QED) is 0.464. The lowest BCUT2D eigenvalue weighted by molar-refractivity contribution is -0.145. The van der Waals surface area contributed by atoms with Gasteiger partial charge in [0.15, 0.2) is 0 Å². The van der Waals surface area contributed by atoms with E-state index in [2.05, 4.69) is 28.0 Å². The third-order valence-electron chi connectivity index (χ3n) is 5.69. The largest absolute Gasteiger partial charge is 0.508 e. The number of hydrogen-bond acceptors (Lipinski definition) is 8. The Morgan fingerprint density at radius 1 is 1.06 bits per heavy atom. The number of benzene rings is 2. The molecule has 33 heavy (non-hydrogen) atoms.